The lowest BCUT2D eigenvalue weighted by molar-refractivity contribution is -0.142. The van der Waals surface area contributed by atoms with Gasteiger partial charge in [0.1, 0.15) is 5.75 Å². The molecule has 3 heteroatoms. The number of fused-ring (bicyclic) bond motifs is 1. The molecular formula is C13H16O3. The Morgan fingerprint density at radius 1 is 1.50 bits per heavy atom. The topological polar surface area (TPSA) is 46.5 Å². The number of rotatable bonds is 3. The minimum Gasteiger partial charge on any atom is -0.494 e. The number of benzene rings is 1. The third-order valence-corrected chi connectivity index (χ3v) is 3.07. The Balaban J connectivity index is 2.18. The van der Waals surface area contributed by atoms with Crippen LogP contribution in [0.25, 0.3) is 0 Å². The van der Waals surface area contributed by atoms with Gasteiger partial charge in [-0.15, -0.1) is 0 Å². The Morgan fingerprint density at radius 2 is 2.31 bits per heavy atom. The maximum atomic E-state index is 10.9. The Morgan fingerprint density at radius 3 is 3.00 bits per heavy atom. The predicted octanol–water partition coefficient (Wildman–Crippen LogP) is 2.27. The van der Waals surface area contributed by atoms with Crippen LogP contribution in [-0.4, -0.2) is 17.7 Å². The van der Waals surface area contributed by atoms with Crippen molar-refractivity contribution >= 4 is 5.97 Å². The van der Waals surface area contributed by atoms with E-state index in [9.17, 15) is 4.79 Å². The average Bonchev–Trinajstić information content (AvgIpc) is 2.28. The summed E-state index contributed by atoms with van der Waals surface area (Å²) in [6, 6.07) is 5.96. The highest BCUT2D eigenvalue weighted by Crippen LogP contribution is 2.28. The average molecular weight is 220 g/mol. The van der Waals surface area contributed by atoms with Gasteiger partial charge in [0.2, 0.25) is 0 Å². The monoisotopic (exact) mass is 220 g/mol. The van der Waals surface area contributed by atoms with Crippen molar-refractivity contribution < 1.29 is 14.6 Å². The van der Waals surface area contributed by atoms with Gasteiger partial charge in [-0.2, -0.15) is 0 Å². The lowest BCUT2D eigenvalue weighted by Crippen LogP contribution is -2.22. The third kappa shape index (κ3) is 2.18. The van der Waals surface area contributed by atoms with Gasteiger partial charge in [0, 0.05) is 0 Å². The number of carboxylic acids is 1. The fourth-order valence-electron chi connectivity index (χ4n) is 2.20. The van der Waals surface area contributed by atoms with E-state index in [1.165, 1.54) is 5.56 Å². The van der Waals surface area contributed by atoms with Crippen molar-refractivity contribution in [2.24, 2.45) is 5.92 Å². The summed E-state index contributed by atoms with van der Waals surface area (Å²) in [5, 5.41) is 8.98. The summed E-state index contributed by atoms with van der Waals surface area (Å²) in [5.41, 5.74) is 2.39. The number of hydrogen-bond donors (Lipinski definition) is 1. The van der Waals surface area contributed by atoms with Crippen molar-refractivity contribution in [3.8, 4) is 5.75 Å². The van der Waals surface area contributed by atoms with Crippen molar-refractivity contribution in [2.75, 3.05) is 6.61 Å². The van der Waals surface area contributed by atoms with Gasteiger partial charge >= 0.3 is 5.97 Å². The van der Waals surface area contributed by atoms with Gasteiger partial charge in [0.15, 0.2) is 0 Å². The Bertz CT molecular complexity index is 398. The Kier molecular flexibility index (Phi) is 3.13. The molecule has 0 saturated carbocycles. The van der Waals surface area contributed by atoms with E-state index in [0.717, 1.165) is 24.2 Å². The van der Waals surface area contributed by atoms with E-state index in [-0.39, 0.29) is 5.92 Å². The van der Waals surface area contributed by atoms with Gasteiger partial charge < -0.3 is 9.84 Å². The number of carboxylic acid groups (broad SMARTS) is 1. The summed E-state index contributed by atoms with van der Waals surface area (Å²) in [4.78, 5) is 10.9. The minimum atomic E-state index is -0.681. The minimum absolute atomic E-state index is 0.217. The molecule has 0 heterocycles. The second-order valence-corrected chi connectivity index (χ2v) is 4.14. The number of aliphatic carboxylic acids is 1. The zero-order valence-electron chi connectivity index (χ0n) is 9.40. The fraction of sp³-hybridized carbons (Fsp3) is 0.462. The van der Waals surface area contributed by atoms with E-state index in [1.807, 2.05) is 25.1 Å². The maximum Gasteiger partial charge on any atom is 0.306 e. The van der Waals surface area contributed by atoms with Crippen LogP contribution in [0.5, 0.6) is 5.75 Å². The zero-order valence-corrected chi connectivity index (χ0v) is 9.40. The van der Waals surface area contributed by atoms with E-state index in [2.05, 4.69) is 0 Å². The highest BCUT2D eigenvalue weighted by molar-refractivity contribution is 5.71. The van der Waals surface area contributed by atoms with E-state index in [1.54, 1.807) is 0 Å². The first-order valence-electron chi connectivity index (χ1n) is 5.68. The van der Waals surface area contributed by atoms with E-state index in [4.69, 9.17) is 9.84 Å². The summed E-state index contributed by atoms with van der Waals surface area (Å²) >= 11 is 0. The van der Waals surface area contributed by atoms with Gasteiger partial charge in [-0.3, -0.25) is 4.79 Å². The molecule has 0 aliphatic heterocycles. The van der Waals surface area contributed by atoms with Crippen LogP contribution in [-0.2, 0) is 17.6 Å². The van der Waals surface area contributed by atoms with Gasteiger partial charge in [-0.05, 0) is 49.4 Å². The standard InChI is InChI=1S/C13H16O3/c1-2-16-12-6-5-9-7-11(13(14)15)4-3-10(9)8-12/h5-6,8,11H,2-4,7H2,1H3,(H,14,15). The molecule has 1 aromatic rings. The largest absolute Gasteiger partial charge is 0.494 e. The van der Waals surface area contributed by atoms with Gasteiger partial charge in [-0.1, -0.05) is 6.07 Å². The molecule has 2 rings (SSSR count). The van der Waals surface area contributed by atoms with Crippen LogP contribution in [0.1, 0.15) is 24.5 Å². The van der Waals surface area contributed by atoms with Crippen LogP contribution in [0.4, 0.5) is 0 Å². The summed E-state index contributed by atoms with van der Waals surface area (Å²) in [6.45, 7) is 2.62. The van der Waals surface area contributed by atoms with Crippen molar-refractivity contribution in [1.82, 2.24) is 0 Å². The maximum absolute atomic E-state index is 10.9. The van der Waals surface area contributed by atoms with Crippen molar-refractivity contribution in [2.45, 2.75) is 26.2 Å². The second-order valence-electron chi connectivity index (χ2n) is 4.14. The fourth-order valence-corrected chi connectivity index (χ4v) is 2.20. The summed E-state index contributed by atoms with van der Waals surface area (Å²) < 4.78 is 5.43. The SMILES string of the molecule is CCOc1ccc2c(c1)CCC(C(=O)O)C2. The van der Waals surface area contributed by atoms with Crippen molar-refractivity contribution in [3.05, 3.63) is 29.3 Å². The smallest absolute Gasteiger partial charge is 0.306 e. The second kappa shape index (κ2) is 4.56. The molecule has 1 aromatic carbocycles. The predicted molar refractivity (Wildman–Crippen MR) is 60.8 cm³/mol. The van der Waals surface area contributed by atoms with Crippen molar-refractivity contribution in [3.63, 3.8) is 0 Å². The molecule has 0 aromatic heterocycles. The third-order valence-electron chi connectivity index (χ3n) is 3.07. The number of ether oxygens (including phenoxy) is 1. The first kappa shape index (κ1) is 11.0. The lowest BCUT2D eigenvalue weighted by Gasteiger charge is -2.22. The molecule has 1 unspecified atom stereocenters. The van der Waals surface area contributed by atoms with Crippen molar-refractivity contribution in [1.29, 1.82) is 0 Å². The normalized spacial score (nSPS) is 18.9. The molecule has 86 valence electrons. The van der Waals surface area contributed by atoms with Gasteiger partial charge in [0.05, 0.1) is 12.5 Å². The van der Waals surface area contributed by atoms with E-state index < -0.39 is 5.97 Å². The molecule has 1 aliphatic carbocycles. The van der Waals surface area contributed by atoms with Gasteiger partial charge in [0.25, 0.3) is 0 Å². The highest BCUT2D eigenvalue weighted by atomic mass is 16.5. The summed E-state index contributed by atoms with van der Waals surface area (Å²) in [5.74, 6) is -0.0139. The molecule has 0 radical (unpaired) electrons. The zero-order chi connectivity index (χ0) is 11.5. The molecule has 0 amide bonds. The number of carbonyl (C=O) groups is 1. The molecule has 16 heavy (non-hydrogen) atoms. The highest BCUT2D eigenvalue weighted by Gasteiger charge is 2.24. The molecule has 0 bridgehead atoms. The summed E-state index contributed by atoms with van der Waals surface area (Å²) in [6.07, 6.45) is 2.22. The molecule has 0 spiro atoms. The Labute approximate surface area is 95.0 Å². The van der Waals surface area contributed by atoms with E-state index in [0.29, 0.717) is 13.0 Å². The molecule has 0 saturated heterocycles. The molecule has 3 nitrogen and oxygen atoms in total. The van der Waals surface area contributed by atoms with Crippen LogP contribution in [0, 0.1) is 5.92 Å². The molecular weight excluding hydrogens is 204 g/mol. The molecule has 1 aliphatic rings. The Hall–Kier alpha value is -1.51. The van der Waals surface area contributed by atoms with Crippen LogP contribution in [0.2, 0.25) is 0 Å². The van der Waals surface area contributed by atoms with Crippen LogP contribution < -0.4 is 4.74 Å². The van der Waals surface area contributed by atoms with Crippen LogP contribution in [0.15, 0.2) is 18.2 Å². The van der Waals surface area contributed by atoms with Gasteiger partial charge in [-0.25, -0.2) is 0 Å². The first-order chi connectivity index (χ1) is 7.70. The lowest BCUT2D eigenvalue weighted by atomic mass is 9.84. The molecule has 0 fully saturated rings. The summed E-state index contributed by atoms with van der Waals surface area (Å²) in [7, 11) is 0. The number of aryl methyl sites for hydroxylation is 1. The molecule has 1 N–H and O–H groups in total. The quantitative estimate of drug-likeness (QED) is 0.850. The van der Waals surface area contributed by atoms with Crippen LogP contribution >= 0.6 is 0 Å². The molecule has 1 atom stereocenters. The van der Waals surface area contributed by atoms with E-state index >= 15 is 0 Å². The number of hydrogen-bond acceptors (Lipinski definition) is 2. The van der Waals surface area contributed by atoms with Crippen LogP contribution in [0.3, 0.4) is 0 Å². The first-order valence-corrected chi connectivity index (χ1v) is 5.68.